The van der Waals surface area contributed by atoms with E-state index in [1.54, 1.807) is 36.7 Å². The third-order valence-corrected chi connectivity index (χ3v) is 5.50. The maximum Gasteiger partial charge on any atom is 0.255 e. The van der Waals surface area contributed by atoms with Gasteiger partial charge >= 0.3 is 0 Å². The summed E-state index contributed by atoms with van der Waals surface area (Å²) >= 11 is 12.2. The molecule has 6 nitrogen and oxygen atoms in total. The molecule has 0 bridgehead atoms. The maximum atomic E-state index is 12.9. The van der Waals surface area contributed by atoms with Crippen LogP contribution < -0.4 is 5.32 Å². The van der Waals surface area contributed by atoms with Crippen molar-refractivity contribution in [1.82, 2.24) is 14.7 Å². The molecular weight excluding hydrogens is 387 g/mol. The molecule has 0 unspecified atom stereocenters. The lowest BCUT2D eigenvalue weighted by atomic mass is 10.1. The first-order chi connectivity index (χ1) is 12.9. The Balaban J connectivity index is 1.79. The van der Waals surface area contributed by atoms with Gasteiger partial charge in [0.2, 0.25) is 5.91 Å². The van der Waals surface area contributed by atoms with E-state index in [4.69, 9.17) is 23.2 Å². The first-order valence-electron chi connectivity index (χ1n) is 8.95. The van der Waals surface area contributed by atoms with Gasteiger partial charge in [-0.1, -0.05) is 23.2 Å². The van der Waals surface area contributed by atoms with Gasteiger partial charge in [-0.25, -0.2) is 0 Å². The number of rotatable bonds is 4. The zero-order valence-electron chi connectivity index (χ0n) is 15.4. The third kappa shape index (κ3) is 4.45. The van der Waals surface area contributed by atoms with Crippen molar-refractivity contribution in [1.29, 1.82) is 0 Å². The molecule has 27 heavy (non-hydrogen) atoms. The monoisotopic (exact) mass is 408 g/mol. The van der Waals surface area contributed by atoms with Gasteiger partial charge in [-0.05, 0) is 51.3 Å². The second-order valence-corrected chi connectivity index (χ2v) is 7.55. The number of aromatic nitrogens is 2. The van der Waals surface area contributed by atoms with E-state index in [0.717, 1.165) is 38.0 Å². The van der Waals surface area contributed by atoms with Gasteiger partial charge in [0.1, 0.15) is 6.54 Å². The fraction of sp³-hybridized carbons (Fsp3) is 0.421. The molecule has 1 fully saturated rings. The van der Waals surface area contributed by atoms with Crippen LogP contribution in [-0.4, -0.2) is 39.6 Å². The van der Waals surface area contributed by atoms with Crippen molar-refractivity contribution in [2.75, 3.05) is 18.4 Å². The molecule has 2 heterocycles. The van der Waals surface area contributed by atoms with Gasteiger partial charge < -0.3 is 10.2 Å². The van der Waals surface area contributed by atoms with E-state index in [1.165, 1.54) is 0 Å². The van der Waals surface area contributed by atoms with E-state index in [0.29, 0.717) is 27.0 Å². The summed E-state index contributed by atoms with van der Waals surface area (Å²) in [4.78, 5) is 27.2. The molecule has 0 spiro atoms. The molecule has 0 saturated carbocycles. The van der Waals surface area contributed by atoms with Crippen LogP contribution in [-0.2, 0) is 11.3 Å². The summed E-state index contributed by atoms with van der Waals surface area (Å²) in [5.74, 6) is -0.386. The SMILES string of the molecule is Cc1nn(CC(=O)Nc2cc(Cl)ccc2C(=O)N2CCCCC2)c(C)c1Cl. The molecule has 0 aliphatic carbocycles. The summed E-state index contributed by atoms with van der Waals surface area (Å²) in [6.07, 6.45) is 3.14. The number of hydrogen-bond acceptors (Lipinski definition) is 3. The fourth-order valence-electron chi connectivity index (χ4n) is 3.23. The highest BCUT2D eigenvalue weighted by molar-refractivity contribution is 6.32. The van der Waals surface area contributed by atoms with Gasteiger partial charge in [0.15, 0.2) is 0 Å². The number of benzene rings is 1. The largest absolute Gasteiger partial charge is 0.339 e. The zero-order valence-corrected chi connectivity index (χ0v) is 16.9. The van der Waals surface area contributed by atoms with Crippen molar-refractivity contribution in [3.05, 3.63) is 45.2 Å². The number of hydrogen-bond donors (Lipinski definition) is 1. The predicted molar refractivity (Wildman–Crippen MR) is 107 cm³/mol. The number of likely N-dealkylation sites (tertiary alicyclic amines) is 1. The number of amides is 2. The van der Waals surface area contributed by atoms with Gasteiger partial charge in [0.25, 0.3) is 5.91 Å². The highest BCUT2D eigenvalue weighted by Crippen LogP contribution is 2.24. The normalized spacial score (nSPS) is 14.3. The molecule has 0 radical (unpaired) electrons. The standard InChI is InChI=1S/C19H22Cl2N4O2/c1-12-18(21)13(2)25(23-12)11-17(26)22-16-10-14(20)6-7-15(16)19(27)24-8-4-3-5-9-24/h6-7,10H,3-5,8-9,11H2,1-2H3,(H,22,26). The Bertz CT molecular complexity index is 873. The molecule has 1 saturated heterocycles. The number of carbonyl (C=O) groups excluding carboxylic acids is 2. The number of carbonyl (C=O) groups is 2. The lowest BCUT2D eigenvalue weighted by molar-refractivity contribution is -0.116. The van der Waals surface area contributed by atoms with Crippen molar-refractivity contribution in [2.45, 2.75) is 39.7 Å². The van der Waals surface area contributed by atoms with E-state index in [1.807, 2.05) is 4.90 Å². The Morgan fingerprint density at radius 2 is 1.85 bits per heavy atom. The van der Waals surface area contributed by atoms with Crippen molar-refractivity contribution in [3.63, 3.8) is 0 Å². The van der Waals surface area contributed by atoms with Crippen LogP contribution in [0.15, 0.2) is 18.2 Å². The molecular formula is C19H22Cl2N4O2. The Labute approximate surface area is 168 Å². The van der Waals surface area contributed by atoms with Crippen LogP contribution in [0, 0.1) is 13.8 Å². The Morgan fingerprint density at radius 1 is 1.15 bits per heavy atom. The van der Waals surface area contributed by atoms with Crippen LogP contribution in [0.25, 0.3) is 0 Å². The molecule has 1 aliphatic heterocycles. The zero-order chi connectivity index (χ0) is 19.6. The lowest BCUT2D eigenvalue weighted by Gasteiger charge is -2.27. The quantitative estimate of drug-likeness (QED) is 0.828. The summed E-state index contributed by atoms with van der Waals surface area (Å²) in [6.45, 7) is 5.07. The summed E-state index contributed by atoms with van der Waals surface area (Å²) in [6, 6.07) is 4.93. The Morgan fingerprint density at radius 3 is 2.48 bits per heavy atom. The van der Waals surface area contributed by atoms with Gasteiger partial charge in [0, 0.05) is 18.1 Å². The van der Waals surface area contributed by atoms with Crippen LogP contribution in [0.5, 0.6) is 0 Å². The number of aryl methyl sites for hydroxylation is 1. The minimum Gasteiger partial charge on any atom is -0.339 e. The molecule has 0 atom stereocenters. The van der Waals surface area contributed by atoms with E-state index in [2.05, 4.69) is 10.4 Å². The van der Waals surface area contributed by atoms with Crippen molar-refractivity contribution in [3.8, 4) is 0 Å². The van der Waals surface area contributed by atoms with Gasteiger partial charge in [0.05, 0.1) is 27.7 Å². The first-order valence-corrected chi connectivity index (χ1v) is 9.70. The van der Waals surface area contributed by atoms with Crippen LogP contribution in [0.1, 0.15) is 41.0 Å². The van der Waals surface area contributed by atoms with E-state index in [9.17, 15) is 9.59 Å². The van der Waals surface area contributed by atoms with Crippen LogP contribution in [0.3, 0.4) is 0 Å². The summed E-state index contributed by atoms with van der Waals surface area (Å²) in [5, 5.41) is 8.06. The molecule has 1 aromatic carbocycles. The van der Waals surface area contributed by atoms with Gasteiger partial charge in [-0.15, -0.1) is 0 Å². The second-order valence-electron chi connectivity index (χ2n) is 6.73. The molecule has 2 aromatic rings. The average Bonchev–Trinajstić information content (AvgIpc) is 2.89. The smallest absolute Gasteiger partial charge is 0.255 e. The topological polar surface area (TPSA) is 67.2 Å². The van der Waals surface area contributed by atoms with Crippen molar-refractivity contribution < 1.29 is 9.59 Å². The summed E-state index contributed by atoms with van der Waals surface area (Å²) in [7, 11) is 0. The highest BCUT2D eigenvalue weighted by atomic mass is 35.5. The molecule has 8 heteroatoms. The maximum absolute atomic E-state index is 12.9. The number of anilines is 1. The molecule has 1 N–H and O–H groups in total. The third-order valence-electron chi connectivity index (χ3n) is 4.72. The number of nitrogens with one attached hydrogen (secondary N) is 1. The van der Waals surface area contributed by atoms with Gasteiger partial charge in [-0.2, -0.15) is 5.10 Å². The molecule has 144 valence electrons. The average molecular weight is 409 g/mol. The van der Waals surface area contributed by atoms with E-state index in [-0.39, 0.29) is 18.4 Å². The lowest BCUT2D eigenvalue weighted by Crippen LogP contribution is -2.36. The molecule has 1 aromatic heterocycles. The van der Waals surface area contributed by atoms with Crippen LogP contribution >= 0.6 is 23.2 Å². The van der Waals surface area contributed by atoms with E-state index < -0.39 is 0 Å². The molecule has 2 amide bonds. The Hall–Kier alpha value is -2.05. The minimum atomic E-state index is -0.299. The van der Waals surface area contributed by atoms with Crippen LogP contribution in [0.2, 0.25) is 10.0 Å². The number of halogens is 2. The minimum absolute atomic E-state index is 0.00323. The summed E-state index contributed by atoms with van der Waals surface area (Å²) < 4.78 is 1.55. The van der Waals surface area contributed by atoms with Crippen LogP contribution in [0.4, 0.5) is 5.69 Å². The Kier molecular flexibility index (Phi) is 6.07. The van der Waals surface area contributed by atoms with Crippen molar-refractivity contribution in [2.24, 2.45) is 0 Å². The highest BCUT2D eigenvalue weighted by Gasteiger charge is 2.22. The first kappa shape index (κ1) is 19.7. The van der Waals surface area contributed by atoms with E-state index >= 15 is 0 Å². The number of nitrogens with zero attached hydrogens (tertiary/aromatic N) is 3. The van der Waals surface area contributed by atoms with Gasteiger partial charge in [-0.3, -0.25) is 14.3 Å². The second kappa shape index (κ2) is 8.31. The molecule has 1 aliphatic rings. The van der Waals surface area contributed by atoms with Crippen molar-refractivity contribution >= 4 is 40.7 Å². The predicted octanol–water partition coefficient (Wildman–Crippen LogP) is 4.07. The molecule has 3 rings (SSSR count). The summed E-state index contributed by atoms with van der Waals surface area (Å²) in [5.41, 5.74) is 2.25. The number of piperidine rings is 1. The fourth-order valence-corrected chi connectivity index (χ4v) is 3.54.